The second-order valence-electron chi connectivity index (χ2n) is 8.50. The number of hydrogen-bond acceptors (Lipinski definition) is 3. The summed E-state index contributed by atoms with van der Waals surface area (Å²) >= 11 is 0. The summed E-state index contributed by atoms with van der Waals surface area (Å²) in [6, 6.07) is 31.6. The lowest BCUT2D eigenvalue weighted by atomic mass is 10.0. The Morgan fingerprint density at radius 2 is 1.57 bits per heavy atom. The minimum absolute atomic E-state index is 0. The Balaban J connectivity index is 0.00000190. The highest BCUT2D eigenvalue weighted by atomic mass is 32.1. The van der Waals surface area contributed by atoms with Gasteiger partial charge in [0, 0.05) is 34.8 Å². The van der Waals surface area contributed by atoms with Gasteiger partial charge in [-0.2, -0.15) is 13.5 Å². The quantitative estimate of drug-likeness (QED) is 0.230. The van der Waals surface area contributed by atoms with E-state index >= 15 is 0 Å². The predicted octanol–water partition coefficient (Wildman–Crippen LogP) is 7.16. The van der Waals surface area contributed by atoms with Crippen molar-refractivity contribution < 1.29 is 14.2 Å². The van der Waals surface area contributed by atoms with Gasteiger partial charge in [-0.1, -0.05) is 74.2 Å². The summed E-state index contributed by atoms with van der Waals surface area (Å²) in [4.78, 5) is 0. The molecule has 1 heterocycles. The van der Waals surface area contributed by atoms with Crippen molar-refractivity contribution in [3.05, 3.63) is 121 Å². The van der Waals surface area contributed by atoms with E-state index in [1.807, 2.05) is 89.6 Å². The Morgan fingerprint density at radius 3 is 2.32 bits per heavy atom. The van der Waals surface area contributed by atoms with Crippen molar-refractivity contribution in [3.8, 4) is 22.6 Å². The van der Waals surface area contributed by atoms with Gasteiger partial charge in [0.15, 0.2) is 0 Å². The number of aliphatic hydroxyl groups is 1. The Labute approximate surface area is 224 Å². The van der Waals surface area contributed by atoms with Crippen LogP contribution in [0, 0.1) is 5.82 Å². The highest BCUT2D eigenvalue weighted by Crippen LogP contribution is 2.40. The predicted molar refractivity (Wildman–Crippen MR) is 155 cm³/mol. The molecule has 0 bridgehead atoms. The topological polar surface area (TPSA) is 46.4 Å². The molecule has 0 aliphatic rings. The lowest BCUT2D eigenvalue weighted by Gasteiger charge is -2.26. The van der Waals surface area contributed by atoms with Crippen LogP contribution in [0.15, 0.2) is 109 Å². The summed E-state index contributed by atoms with van der Waals surface area (Å²) in [5.41, 5.74) is 3.56. The highest BCUT2D eigenvalue weighted by Gasteiger charge is 2.26. The van der Waals surface area contributed by atoms with Gasteiger partial charge in [0.25, 0.3) is 0 Å². The number of benzene rings is 4. The van der Waals surface area contributed by atoms with E-state index in [1.165, 1.54) is 12.1 Å². The number of para-hydroxylation sites is 3. The molecule has 0 aliphatic heterocycles. The normalized spacial score (nSPS) is 12.3. The van der Waals surface area contributed by atoms with Gasteiger partial charge in [0.2, 0.25) is 0 Å². The zero-order valence-electron chi connectivity index (χ0n) is 19.9. The molecule has 5 aromatic rings. The molecular formula is C31H33FN2O2S. The monoisotopic (exact) mass is 516 g/mol. The fraction of sp³-hybridized carbons (Fsp3) is 0.161. The lowest BCUT2D eigenvalue weighted by molar-refractivity contribution is 0.132. The van der Waals surface area contributed by atoms with E-state index in [1.54, 1.807) is 13.1 Å². The first-order valence-corrected chi connectivity index (χ1v) is 11.7. The molecule has 4 nitrogen and oxygen atoms in total. The van der Waals surface area contributed by atoms with Gasteiger partial charge in [-0.25, -0.2) is 4.39 Å². The van der Waals surface area contributed by atoms with Gasteiger partial charge in [0.1, 0.15) is 17.3 Å². The molecule has 4 aromatic carbocycles. The van der Waals surface area contributed by atoms with Crippen molar-refractivity contribution in [2.45, 2.75) is 19.6 Å². The van der Waals surface area contributed by atoms with E-state index in [0.717, 1.165) is 33.5 Å². The van der Waals surface area contributed by atoms with Crippen LogP contribution in [0.25, 0.3) is 22.0 Å². The third-order valence-electron chi connectivity index (χ3n) is 6.16. The summed E-state index contributed by atoms with van der Waals surface area (Å²) in [7, 11) is 1.79. The Kier molecular flexibility index (Phi) is 9.53. The third-order valence-corrected chi connectivity index (χ3v) is 6.16. The number of fused-ring (bicyclic) bond motifs is 1. The summed E-state index contributed by atoms with van der Waals surface area (Å²) < 4.78 is 22.5. The van der Waals surface area contributed by atoms with E-state index in [-0.39, 0.29) is 26.7 Å². The molecule has 1 aromatic heterocycles. The molecule has 0 fully saturated rings. The molecule has 0 radical (unpaired) electrons. The second-order valence-corrected chi connectivity index (χ2v) is 8.50. The van der Waals surface area contributed by atoms with Gasteiger partial charge in [-0.3, -0.25) is 0 Å². The number of likely N-dealkylation sites (N-methyl/N-ethyl adjacent to an activating group) is 1. The van der Waals surface area contributed by atoms with E-state index in [2.05, 4.69) is 11.4 Å². The fourth-order valence-electron chi connectivity index (χ4n) is 4.62. The van der Waals surface area contributed by atoms with Crippen LogP contribution in [0.4, 0.5) is 4.39 Å². The first kappa shape index (κ1) is 28.0. The average molecular weight is 517 g/mol. The third kappa shape index (κ3) is 5.88. The van der Waals surface area contributed by atoms with Crippen LogP contribution in [0.3, 0.4) is 0 Å². The van der Waals surface area contributed by atoms with Crippen LogP contribution in [0.5, 0.6) is 11.5 Å². The van der Waals surface area contributed by atoms with Gasteiger partial charge >= 0.3 is 0 Å². The van der Waals surface area contributed by atoms with Crippen molar-refractivity contribution >= 4 is 24.4 Å². The van der Waals surface area contributed by atoms with Crippen molar-refractivity contribution in [2.24, 2.45) is 0 Å². The first-order chi connectivity index (χ1) is 17.2. The van der Waals surface area contributed by atoms with Crippen LogP contribution >= 0.6 is 13.5 Å². The Hall–Kier alpha value is -3.58. The molecule has 0 saturated heterocycles. The Morgan fingerprint density at radius 1 is 0.865 bits per heavy atom. The number of aliphatic hydroxyl groups excluding tert-OH is 1. The van der Waals surface area contributed by atoms with E-state index in [4.69, 9.17) is 4.74 Å². The van der Waals surface area contributed by atoms with Crippen molar-refractivity contribution in [1.82, 2.24) is 9.88 Å². The number of nitrogens with one attached hydrogen (secondary N) is 1. The minimum atomic E-state index is -0.777. The van der Waals surface area contributed by atoms with Crippen LogP contribution in [0.1, 0.15) is 19.0 Å². The van der Waals surface area contributed by atoms with Crippen LogP contribution in [-0.4, -0.2) is 29.4 Å². The largest absolute Gasteiger partial charge is 0.457 e. The molecule has 0 spiro atoms. The number of ether oxygens (including phenoxy) is 1. The van der Waals surface area contributed by atoms with Gasteiger partial charge in [0.05, 0.1) is 12.1 Å². The minimum Gasteiger partial charge on any atom is -0.457 e. The molecular weight excluding hydrogens is 483 g/mol. The summed E-state index contributed by atoms with van der Waals surface area (Å²) in [5.74, 6) is 1.16. The number of rotatable bonds is 8. The number of halogens is 1. The maximum Gasteiger partial charge on any atom is 0.135 e. The van der Waals surface area contributed by atoms with Crippen LogP contribution in [0.2, 0.25) is 0 Å². The van der Waals surface area contributed by atoms with Crippen molar-refractivity contribution in [2.75, 3.05) is 13.6 Å². The molecule has 2 N–H and O–H groups in total. The fourth-order valence-corrected chi connectivity index (χ4v) is 4.62. The zero-order valence-corrected chi connectivity index (χ0v) is 20.9. The summed E-state index contributed by atoms with van der Waals surface area (Å²) in [6.07, 6.45) is 1.26. The van der Waals surface area contributed by atoms with E-state index in [9.17, 15) is 9.50 Å². The maximum atomic E-state index is 14.2. The van der Waals surface area contributed by atoms with Crippen molar-refractivity contribution in [1.29, 1.82) is 0 Å². The van der Waals surface area contributed by atoms with Crippen LogP contribution in [-0.2, 0) is 0 Å². The molecule has 192 valence electrons. The summed E-state index contributed by atoms with van der Waals surface area (Å²) in [6.45, 7) is 0.358. The highest BCUT2D eigenvalue weighted by molar-refractivity contribution is 7.59. The SMILES string of the molecule is C.CNC[C@@H](O)[C@H](c1cccc(F)c1)n1cc(-c2ccccc2Oc2ccccc2)c2ccccc21.S. The second kappa shape index (κ2) is 12.6. The molecule has 0 aliphatic carbocycles. The molecule has 5 rings (SSSR count). The first-order valence-electron chi connectivity index (χ1n) is 11.7. The maximum absolute atomic E-state index is 14.2. The molecule has 2 atom stereocenters. The zero-order chi connectivity index (χ0) is 24.2. The number of nitrogens with zero attached hydrogens (tertiary/aromatic N) is 1. The van der Waals surface area contributed by atoms with Crippen LogP contribution < -0.4 is 10.1 Å². The Bertz CT molecular complexity index is 1440. The molecule has 37 heavy (non-hydrogen) atoms. The molecule has 0 unspecified atom stereocenters. The van der Waals surface area contributed by atoms with Gasteiger partial charge < -0.3 is 19.7 Å². The molecule has 6 heteroatoms. The van der Waals surface area contributed by atoms with Gasteiger partial charge in [-0.15, -0.1) is 0 Å². The average Bonchev–Trinajstić information content (AvgIpc) is 3.25. The van der Waals surface area contributed by atoms with E-state index in [0.29, 0.717) is 12.1 Å². The van der Waals surface area contributed by atoms with E-state index < -0.39 is 12.1 Å². The number of hydrogen-bond donors (Lipinski definition) is 2. The smallest absolute Gasteiger partial charge is 0.135 e. The standard InChI is InChI=1S/C30H27FN2O2.CH4.H2S/c1-32-19-28(34)30(21-10-9-11-22(31)18-21)33-20-26(24-14-5-7-16-27(24)33)25-15-6-8-17-29(25)35-23-12-3-2-4-13-23;;/h2-18,20,28,30,32,34H,19H2,1H3;1H4;1H2/t28-,30+;;/m1../s1. The lowest BCUT2D eigenvalue weighted by Crippen LogP contribution is -2.33. The summed E-state index contributed by atoms with van der Waals surface area (Å²) in [5, 5.41) is 15.2. The van der Waals surface area contributed by atoms with Crippen molar-refractivity contribution in [3.63, 3.8) is 0 Å². The number of aromatic nitrogens is 1. The van der Waals surface area contributed by atoms with Gasteiger partial charge in [-0.05, 0) is 49.0 Å². The molecule has 0 saturated carbocycles. The molecule has 0 amide bonds.